The van der Waals surface area contributed by atoms with Crippen molar-refractivity contribution < 1.29 is 9.00 Å². The fraction of sp³-hybridized carbons (Fsp3) is 0.562. The average molecular weight is 293 g/mol. The Hall–Kier alpha value is -1.16. The second-order valence-corrected chi connectivity index (χ2v) is 7.19. The van der Waals surface area contributed by atoms with Crippen molar-refractivity contribution in [2.75, 3.05) is 6.26 Å². The smallest absolute Gasteiger partial charge is 0.251 e. The van der Waals surface area contributed by atoms with Crippen molar-refractivity contribution in [1.29, 1.82) is 0 Å². The largest absolute Gasteiger partial charge is 0.349 e. The molecule has 0 aliphatic heterocycles. The molecule has 4 heteroatoms. The summed E-state index contributed by atoms with van der Waals surface area (Å²) in [5.74, 6) is 1.05. The Morgan fingerprint density at radius 1 is 1.35 bits per heavy atom. The third kappa shape index (κ3) is 4.17. The van der Waals surface area contributed by atoms with Crippen molar-refractivity contribution in [3.8, 4) is 0 Å². The molecule has 1 aliphatic rings. The molecule has 20 heavy (non-hydrogen) atoms. The molecule has 110 valence electrons. The Morgan fingerprint density at radius 2 is 2.10 bits per heavy atom. The number of rotatable bonds is 4. The fourth-order valence-electron chi connectivity index (χ4n) is 2.82. The van der Waals surface area contributed by atoms with E-state index in [-0.39, 0.29) is 5.91 Å². The highest BCUT2D eigenvalue weighted by atomic mass is 32.2. The Labute approximate surface area is 123 Å². The maximum Gasteiger partial charge on any atom is 0.251 e. The third-order valence-electron chi connectivity index (χ3n) is 3.99. The van der Waals surface area contributed by atoms with Gasteiger partial charge in [0.25, 0.3) is 5.91 Å². The number of carbonyl (C=O) groups excluding carboxylic acids is 1. The lowest BCUT2D eigenvalue weighted by Crippen LogP contribution is -2.41. The van der Waals surface area contributed by atoms with Gasteiger partial charge in [-0.15, -0.1) is 0 Å². The monoisotopic (exact) mass is 293 g/mol. The van der Waals surface area contributed by atoms with Crippen LogP contribution in [0.2, 0.25) is 0 Å². The van der Waals surface area contributed by atoms with E-state index in [0.29, 0.717) is 23.3 Å². The standard InChI is InChI=1S/C16H23NO2S/c1-12-6-3-4-9-15(12)17-16(18)14-8-5-7-13(10-14)11-20(2)19/h5,7-8,10,12,15H,3-4,6,9,11H2,1-2H3,(H,17,18). The summed E-state index contributed by atoms with van der Waals surface area (Å²) in [6.45, 7) is 2.21. The molecule has 0 saturated heterocycles. The van der Waals surface area contributed by atoms with Crippen molar-refractivity contribution in [3.63, 3.8) is 0 Å². The Balaban J connectivity index is 2.03. The molecule has 1 fully saturated rings. The molecule has 3 atom stereocenters. The first-order valence-corrected chi connectivity index (χ1v) is 8.99. The minimum Gasteiger partial charge on any atom is -0.349 e. The van der Waals surface area contributed by atoms with Crippen LogP contribution in [0.1, 0.15) is 48.5 Å². The molecule has 0 aromatic heterocycles. The van der Waals surface area contributed by atoms with Crippen molar-refractivity contribution >= 4 is 16.7 Å². The van der Waals surface area contributed by atoms with E-state index in [1.165, 1.54) is 19.3 Å². The van der Waals surface area contributed by atoms with E-state index in [1.807, 2.05) is 24.3 Å². The normalized spacial score (nSPS) is 24.1. The predicted molar refractivity (Wildman–Crippen MR) is 83.1 cm³/mol. The predicted octanol–water partition coefficient (Wildman–Crippen LogP) is 2.87. The van der Waals surface area contributed by atoms with Crippen LogP contribution in [0.3, 0.4) is 0 Å². The minimum atomic E-state index is -0.882. The third-order valence-corrected chi connectivity index (χ3v) is 4.73. The quantitative estimate of drug-likeness (QED) is 0.928. The molecule has 1 N–H and O–H groups in total. The lowest BCUT2D eigenvalue weighted by molar-refractivity contribution is 0.0910. The van der Waals surface area contributed by atoms with Crippen molar-refractivity contribution in [1.82, 2.24) is 5.32 Å². The Bertz CT molecular complexity index is 501. The van der Waals surface area contributed by atoms with Crippen LogP contribution < -0.4 is 5.32 Å². The van der Waals surface area contributed by atoms with Gasteiger partial charge < -0.3 is 5.32 Å². The van der Waals surface area contributed by atoms with Gasteiger partial charge in [0.1, 0.15) is 0 Å². The van der Waals surface area contributed by atoms with Crippen LogP contribution in [0.5, 0.6) is 0 Å². The van der Waals surface area contributed by atoms with Gasteiger partial charge in [0.05, 0.1) is 0 Å². The Kier molecular flexibility index (Phi) is 5.35. The van der Waals surface area contributed by atoms with Gasteiger partial charge >= 0.3 is 0 Å². The molecule has 0 radical (unpaired) electrons. The lowest BCUT2D eigenvalue weighted by atomic mass is 9.86. The highest BCUT2D eigenvalue weighted by Gasteiger charge is 2.23. The summed E-state index contributed by atoms with van der Waals surface area (Å²) in [5, 5.41) is 3.15. The van der Waals surface area contributed by atoms with Crippen LogP contribution in [-0.2, 0) is 16.6 Å². The van der Waals surface area contributed by atoms with Gasteiger partial charge in [-0.1, -0.05) is 31.9 Å². The van der Waals surface area contributed by atoms with E-state index in [9.17, 15) is 9.00 Å². The first kappa shape index (κ1) is 15.2. The molecule has 1 aromatic carbocycles. The van der Waals surface area contributed by atoms with E-state index < -0.39 is 10.8 Å². The number of nitrogens with one attached hydrogen (secondary N) is 1. The highest BCUT2D eigenvalue weighted by Crippen LogP contribution is 2.24. The van der Waals surface area contributed by atoms with E-state index >= 15 is 0 Å². The zero-order valence-corrected chi connectivity index (χ0v) is 13.0. The maximum absolute atomic E-state index is 12.3. The molecule has 1 aliphatic carbocycles. The van der Waals surface area contributed by atoms with Gasteiger partial charge in [-0.25, -0.2) is 0 Å². The van der Waals surface area contributed by atoms with Gasteiger partial charge in [0.2, 0.25) is 0 Å². The fourth-order valence-corrected chi connectivity index (χ4v) is 3.47. The molecule has 1 saturated carbocycles. The number of hydrogen-bond donors (Lipinski definition) is 1. The van der Waals surface area contributed by atoms with Crippen LogP contribution in [0.15, 0.2) is 24.3 Å². The van der Waals surface area contributed by atoms with Crippen LogP contribution in [0, 0.1) is 5.92 Å². The van der Waals surface area contributed by atoms with Crippen molar-refractivity contribution in [2.45, 2.75) is 44.4 Å². The maximum atomic E-state index is 12.3. The van der Waals surface area contributed by atoms with Gasteiger partial charge in [-0.05, 0) is 36.5 Å². The highest BCUT2D eigenvalue weighted by molar-refractivity contribution is 7.83. The van der Waals surface area contributed by atoms with Crippen LogP contribution >= 0.6 is 0 Å². The summed E-state index contributed by atoms with van der Waals surface area (Å²) < 4.78 is 11.3. The van der Waals surface area contributed by atoms with Gasteiger partial charge in [0.15, 0.2) is 0 Å². The molecule has 0 heterocycles. The van der Waals surface area contributed by atoms with Gasteiger partial charge in [-0.2, -0.15) is 0 Å². The molecule has 3 nitrogen and oxygen atoms in total. The minimum absolute atomic E-state index is 0.00696. The summed E-state index contributed by atoms with van der Waals surface area (Å²) in [6.07, 6.45) is 6.41. The molecule has 3 unspecified atom stereocenters. The van der Waals surface area contributed by atoms with E-state index in [2.05, 4.69) is 12.2 Å². The van der Waals surface area contributed by atoms with Crippen molar-refractivity contribution in [3.05, 3.63) is 35.4 Å². The summed E-state index contributed by atoms with van der Waals surface area (Å²) in [7, 11) is -0.882. The summed E-state index contributed by atoms with van der Waals surface area (Å²) in [5.41, 5.74) is 1.63. The molecule has 0 spiro atoms. The number of amides is 1. The number of benzene rings is 1. The van der Waals surface area contributed by atoms with E-state index in [4.69, 9.17) is 0 Å². The second-order valence-electron chi connectivity index (χ2n) is 5.76. The first-order chi connectivity index (χ1) is 9.56. The molecule has 0 bridgehead atoms. The van der Waals surface area contributed by atoms with Gasteiger partial charge in [-0.3, -0.25) is 9.00 Å². The second kappa shape index (κ2) is 7.02. The molecular weight excluding hydrogens is 270 g/mol. The molecule has 2 rings (SSSR count). The first-order valence-electron chi connectivity index (χ1n) is 7.26. The average Bonchev–Trinajstić information content (AvgIpc) is 2.41. The molecular formula is C16H23NO2S. The van der Waals surface area contributed by atoms with Crippen molar-refractivity contribution in [2.24, 2.45) is 5.92 Å². The Morgan fingerprint density at radius 3 is 2.80 bits per heavy atom. The van der Waals surface area contributed by atoms with Crippen LogP contribution in [-0.4, -0.2) is 22.4 Å². The van der Waals surface area contributed by atoms with E-state index in [1.54, 1.807) is 6.26 Å². The SMILES string of the molecule is CC1CCCCC1NC(=O)c1cccc(CS(C)=O)c1. The zero-order valence-electron chi connectivity index (χ0n) is 12.2. The zero-order chi connectivity index (χ0) is 14.5. The number of carbonyl (C=O) groups is 1. The topological polar surface area (TPSA) is 46.2 Å². The molecule has 1 amide bonds. The summed E-state index contributed by atoms with van der Waals surface area (Å²) in [6, 6.07) is 7.75. The summed E-state index contributed by atoms with van der Waals surface area (Å²) in [4.78, 5) is 12.3. The van der Waals surface area contributed by atoms with Gasteiger partial charge in [0, 0.05) is 34.4 Å². The summed E-state index contributed by atoms with van der Waals surface area (Å²) >= 11 is 0. The molecule has 1 aromatic rings. The van der Waals surface area contributed by atoms with Crippen LogP contribution in [0.25, 0.3) is 0 Å². The number of hydrogen-bond acceptors (Lipinski definition) is 2. The lowest BCUT2D eigenvalue weighted by Gasteiger charge is -2.29. The van der Waals surface area contributed by atoms with E-state index in [0.717, 1.165) is 12.0 Å². The van der Waals surface area contributed by atoms with Crippen LogP contribution in [0.4, 0.5) is 0 Å².